The van der Waals surface area contributed by atoms with Crippen molar-refractivity contribution >= 4 is 17.8 Å². The SMILES string of the molecule is CCCC1OC(COC(C)=O)C(O)C(OC(C)=O)C1CNC(=O)C(C)(C)C. The smallest absolute Gasteiger partial charge is 0.303 e. The first kappa shape index (κ1) is 23.4. The van der Waals surface area contributed by atoms with Crippen LogP contribution in [-0.4, -0.2) is 60.5 Å². The van der Waals surface area contributed by atoms with Gasteiger partial charge in [-0.3, -0.25) is 14.4 Å². The molecule has 0 saturated carbocycles. The van der Waals surface area contributed by atoms with Crippen LogP contribution in [0.4, 0.5) is 0 Å². The number of nitrogens with one attached hydrogen (secondary N) is 1. The van der Waals surface area contributed by atoms with Crippen molar-refractivity contribution in [2.24, 2.45) is 11.3 Å². The third kappa shape index (κ3) is 7.10. The van der Waals surface area contributed by atoms with Gasteiger partial charge in [0.05, 0.1) is 6.10 Å². The molecule has 1 amide bonds. The van der Waals surface area contributed by atoms with Gasteiger partial charge in [0.25, 0.3) is 0 Å². The molecule has 27 heavy (non-hydrogen) atoms. The van der Waals surface area contributed by atoms with Crippen LogP contribution in [0.25, 0.3) is 0 Å². The Kier molecular flexibility index (Phi) is 8.68. The predicted molar refractivity (Wildman–Crippen MR) is 97.7 cm³/mol. The minimum Gasteiger partial charge on any atom is -0.463 e. The molecule has 5 unspecified atom stereocenters. The quantitative estimate of drug-likeness (QED) is 0.631. The van der Waals surface area contributed by atoms with E-state index in [0.29, 0.717) is 6.42 Å². The van der Waals surface area contributed by atoms with Gasteiger partial charge in [0.1, 0.15) is 24.9 Å². The maximum absolute atomic E-state index is 12.2. The molecule has 1 fully saturated rings. The van der Waals surface area contributed by atoms with Crippen molar-refractivity contribution in [3.8, 4) is 0 Å². The summed E-state index contributed by atoms with van der Waals surface area (Å²) in [6.45, 7) is 10.0. The van der Waals surface area contributed by atoms with Gasteiger partial charge < -0.3 is 24.6 Å². The summed E-state index contributed by atoms with van der Waals surface area (Å²) in [5.41, 5.74) is -0.566. The highest BCUT2D eigenvalue weighted by atomic mass is 16.6. The molecule has 8 heteroatoms. The van der Waals surface area contributed by atoms with E-state index in [9.17, 15) is 19.5 Å². The lowest BCUT2D eigenvalue weighted by Gasteiger charge is -2.44. The first-order valence-electron chi connectivity index (χ1n) is 9.39. The molecule has 0 aromatic heterocycles. The van der Waals surface area contributed by atoms with Crippen molar-refractivity contribution in [2.75, 3.05) is 13.2 Å². The van der Waals surface area contributed by atoms with Crippen LogP contribution in [0.5, 0.6) is 0 Å². The van der Waals surface area contributed by atoms with Crippen LogP contribution in [0.2, 0.25) is 0 Å². The summed E-state index contributed by atoms with van der Waals surface area (Å²) in [5, 5.41) is 13.5. The molecule has 156 valence electrons. The molecule has 0 aromatic rings. The summed E-state index contributed by atoms with van der Waals surface area (Å²) in [5.74, 6) is -1.57. The Labute approximate surface area is 160 Å². The maximum Gasteiger partial charge on any atom is 0.303 e. The minimum atomic E-state index is -1.17. The predicted octanol–water partition coefficient (Wildman–Crippen LogP) is 1.19. The van der Waals surface area contributed by atoms with Crippen molar-refractivity contribution in [3.05, 3.63) is 0 Å². The Morgan fingerprint density at radius 3 is 2.22 bits per heavy atom. The summed E-state index contributed by atoms with van der Waals surface area (Å²) < 4.78 is 16.3. The number of hydrogen-bond donors (Lipinski definition) is 2. The molecule has 0 bridgehead atoms. The van der Waals surface area contributed by atoms with Gasteiger partial charge in [-0.2, -0.15) is 0 Å². The fraction of sp³-hybridized carbons (Fsp3) is 0.842. The Morgan fingerprint density at radius 1 is 1.11 bits per heavy atom. The summed E-state index contributed by atoms with van der Waals surface area (Å²) in [7, 11) is 0. The third-order valence-electron chi connectivity index (χ3n) is 4.47. The molecule has 0 aliphatic carbocycles. The number of hydrogen-bond acceptors (Lipinski definition) is 7. The Hall–Kier alpha value is -1.67. The fourth-order valence-electron chi connectivity index (χ4n) is 3.06. The molecule has 1 rings (SSSR count). The molecule has 0 aromatic carbocycles. The Morgan fingerprint density at radius 2 is 1.74 bits per heavy atom. The number of esters is 2. The highest BCUT2D eigenvalue weighted by Gasteiger charge is 2.47. The lowest BCUT2D eigenvalue weighted by Crippen LogP contribution is -2.60. The summed E-state index contributed by atoms with van der Waals surface area (Å²) in [6, 6.07) is 0. The zero-order chi connectivity index (χ0) is 20.8. The first-order valence-corrected chi connectivity index (χ1v) is 9.39. The number of aliphatic hydroxyl groups is 1. The second kappa shape index (κ2) is 10.0. The summed E-state index contributed by atoms with van der Waals surface area (Å²) >= 11 is 0. The highest BCUT2D eigenvalue weighted by Crippen LogP contribution is 2.31. The van der Waals surface area contributed by atoms with Crippen LogP contribution >= 0.6 is 0 Å². The van der Waals surface area contributed by atoms with Crippen LogP contribution in [0.3, 0.4) is 0 Å². The standard InChI is InChI=1S/C19H33NO7/c1-7-8-14-13(9-20-18(24)19(4,5)6)17(26-12(3)22)16(23)15(27-14)10-25-11(2)21/h13-17,23H,7-10H2,1-6H3,(H,20,24). The second-order valence-corrected chi connectivity index (χ2v) is 7.99. The number of rotatable bonds is 7. The van der Waals surface area contributed by atoms with Crippen molar-refractivity contribution < 1.29 is 33.7 Å². The molecule has 2 N–H and O–H groups in total. The lowest BCUT2D eigenvalue weighted by molar-refractivity contribution is -0.224. The summed E-state index contributed by atoms with van der Waals surface area (Å²) in [6.07, 6.45) is -1.74. The molecular formula is C19H33NO7. The molecule has 0 radical (unpaired) electrons. The zero-order valence-corrected chi connectivity index (χ0v) is 17.1. The van der Waals surface area contributed by atoms with E-state index in [1.54, 1.807) is 20.8 Å². The van der Waals surface area contributed by atoms with Gasteiger partial charge in [-0.1, -0.05) is 34.1 Å². The lowest BCUT2D eigenvalue weighted by atomic mass is 9.84. The largest absolute Gasteiger partial charge is 0.463 e. The molecule has 5 atom stereocenters. The van der Waals surface area contributed by atoms with Crippen LogP contribution in [0.15, 0.2) is 0 Å². The first-order chi connectivity index (χ1) is 12.5. The van der Waals surface area contributed by atoms with Gasteiger partial charge >= 0.3 is 11.9 Å². The van der Waals surface area contributed by atoms with E-state index in [4.69, 9.17) is 14.2 Å². The average molecular weight is 387 g/mol. The number of amides is 1. The molecule has 8 nitrogen and oxygen atoms in total. The molecule has 1 heterocycles. The van der Waals surface area contributed by atoms with Crippen molar-refractivity contribution in [1.29, 1.82) is 0 Å². The number of aliphatic hydroxyl groups excluding tert-OH is 1. The Bertz CT molecular complexity index is 529. The number of carbonyl (C=O) groups excluding carboxylic acids is 3. The van der Waals surface area contributed by atoms with Gasteiger partial charge in [-0.15, -0.1) is 0 Å². The molecular weight excluding hydrogens is 354 g/mol. The molecule has 1 aliphatic rings. The van der Waals surface area contributed by atoms with E-state index in [0.717, 1.165) is 6.42 Å². The maximum atomic E-state index is 12.2. The van der Waals surface area contributed by atoms with E-state index in [1.807, 2.05) is 6.92 Å². The van der Waals surface area contributed by atoms with Crippen LogP contribution in [0, 0.1) is 11.3 Å². The molecule has 0 spiro atoms. The number of ether oxygens (including phenoxy) is 3. The highest BCUT2D eigenvalue weighted by molar-refractivity contribution is 5.81. The van der Waals surface area contributed by atoms with E-state index in [2.05, 4.69) is 5.32 Å². The molecule has 1 aliphatic heterocycles. The van der Waals surface area contributed by atoms with Crippen molar-refractivity contribution in [3.63, 3.8) is 0 Å². The second-order valence-electron chi connectivity index (χ2n) is 7.99. The van der Waals surface area contributed by atoms with Gasteiger partial charge in [0.2, 0.25) is 5.91 Å². The van der Waals surface area contributed by atoms with Crippen molar-refractivity contribution in [2.45, 2.75) is 78.8 Å². The number of carbonyl (C=O) groups is 3. The van der Waals surface area contributed by atoms with E-state index in [-0.39, 0.29) is 25.2 Å². The van der Waals surface area contributed by atoms with Crippen LogP contribution in [-0.2, 0) is 28.6 Å². The van der Waals surface area contributed by atoms with Crippen LogP contribution in [0.1, 0.15) is 54.4 Å². The fourth-order valence-corrected chi connectivity index (χ4v) is 3.06. The van der Waals surface area contributed by atoms with E-state index >= 15 is 0 Å². The van der Waals surface area contributed by atoms with Crippen molar-refractivity contribution in [1.82, 2.24) is 5.32 Å². The Balaban J connectivity index is 3.00. The topological polar surface area (TPSA) is 111 Å². The summed E-state index contributed by atoms with van der Waals surface area (Å²) in [4.78, 5) is 34.9. The zero-order valence-electron chi connectivity index (χ0n) is 17.1. The van der Waals surface area contributed by atoms with Crippen LogP contribution < -0.4 is 5.32 Å². The van der Waals surface area contributed by atoms with E-state index in [1.165, 1.54) is 13.8 Å². The van der Waals surface area contributed by atoms with Gasteiger partial charge in [0.15, 0.2) is 0 Å². The minimum absolute atomic E-state index is 0.129. The molecule has 1 saturated heterocycles. The normalized spacial score (nSPS) is 28.3. The van der Waals surface area contributed by atoms with Gasteiger partial charge in [-0.05, 0) is 6.42 Å². The van der Waals surface area contributed by atoms with Gasteiger partial charge in [-0.25, -0.2) is 0 Å². The third-order valence-corrected chi connectivity index (χ3v) is 4.47. The van der Waals surface area contributed by atoms with Gasteiger partial charge in [0, 0.05) is 31.7 Å². The average Bonchev–Trinajstić information content (AvgIpc) is 2.54. The monoisotopic (exact) mass is 387 g/mol. The van der Waals surface area contributed by atoms with E-state index < -0.39 is 41.6 Å².